The van der Waals surface area contributed by atoms with Crippen molar-refractivity contribution >= 4 is 12.3 Å². The molecule has 4 N–H and O–H groups in total. The number of carbonyl (C=O) groups excluding carboxylic acids is 2. The molecule has 0 saturated heterocycles. The van der Waals surface area contributed by atoms with E-state index in [1.54, 1.807) is 0 Å². The molecule has 0 aromatic heterocycles. The quantitative estimate of drug-likeness (QED) is 0.373. The van der Waals surface area contributed by atoms with Crippen molar-refractivity contribution in [2.75, 3.05) is 0 Å². The van der Waals surface area contributed by atoms with Gasteiger partial charge >= 0.3 is 0 Å². The maximum atomic E-state index is 11.0. The molecule has 0 fully saturated rings. The number of rotatable bonds is 5. The number of nitrogens with two attached hydrogens (primary N) is 1. The van der Waals surface area contributed by atoms with E-state index in [4.69, 9.17) is 5.73 Å². The van der Waals surface area contributed by atoms with Crippen LogP contribution >= 0.6 is 0 Å². The van der Waals surface area contributed by atoms with Gasteiger partial charge in [0.2, 0.25) is 6.41 Å². The molecule has 2 unspecified atom stereocenters. The maximum absolute atomic E-state index is 11.0. The summed E-state index contributed by atoms with van der Waals surface area (Å²) in [6, 6.07) is -0.567. The van der Waals surface area contributed by atoms with Crippen molar-refractivity contribution in [1.29, 1.82) is 0 Å². The summed E-state index contributed by atoms with van der Waals surface area (Å²) >= 11 is 0. The van der Waals surface area contributed by atoms with Crippen LogP contribution in [-0.2, 0) is 9.59 Å². The maximum Gasteiger partial charge on any atom is 0.255 e. The number of hydrogen-bond donors (Lipinski definition) is 3. The molecule has 5 nitrogen and oxygen atoms in total. The lowest BCUT2D eigenvalue weighted by molar-refractivity contribution is -0.126. The Hall–Kier alpha value is -1.10. The Morgan fingerprint density at radius 2 is 2.25 bits per heavy atom. The van der Waals surface area contributed by atoms with Crippen LogP contribution in [0.2, 0.25) is 0 Å². The third-order valence-electron chi connectivity index (χ3n) is 1.81. The normalized spacial score (nSPS) is 14.6. The van der Waals surface area contributed by atoms with Gasteiger partial charge in [-0.1, -0.05) is 20.3 Å². The van der Waals surface area contributed by atoms with Gasteiger partial charge in [0, 0.05) is 0 Å². The molecule has 0 spiro atoms. The molecule has 0 heterocycles. The van der Waals surface area contributed by atoms with E-state index in [2.05, 4.69) is 5.43 Å². The molecule has 12 heavy (non-hydrogen) atoms. The molecule has 0 rings (SSSR count). The lowest BCUT2D eigenvalue weighted by Crippen LogP contribution is -2.49. The SMILES string of the molecule is CCC(C)C(N)C(=O)NNC=O. The van der Waals surface area contributed by atoms with Crippen molar-refractivity contribution in [3.63, 3.8) is 0 Å². The molecule has 0 aliphatic heterocycles. The summed E-state index contributed by atoms with van der Waals surface area (Å²) in [5.74, 6) is -0.255. The number of hydrazine groups is 1. The highest BCUT2D eigenvalue weighted by atomic mass is 16.2. The summed E-state index contributed by atoms with van der Waals surface area (Å²) in [6.07, 6.45) is 1.22. The second kappa shape index (κ2) is 5.54. The second-order valence-electron chi connectivity index (χ2n) is 2.66. The first kappa shape index (κ1) is 10.9. The highest BCUT2D eigenvalue weighted by Crippen LogP contribution is 2.04. The minimum absolute atomic E-state index is 0.110. The molecule has 70 valence electrons. The zero-order chi connectivity index (χ0) is 9.56. The first-order valence-electron chi connectivity index (χ1n) is 3.88. The van der Waals surface area contributed by atoms with Crippen LogP contribution in [0.3, 0.4) is 0 Å². The van der Waals surface area contributed by atoms with Gasteiger partial charge in [0.25, 0.3) is 5.91 Å². The largest absolute Gasteiger partial charge is 0.320 e. The minimum atomic E-state index is -0.567. The van der Waals surface area contributed by atoms with Crippen LogP contribution in [0.5, 0.6) is 0 Å². The average Bonchev–Trinajstić information content (AvgIpc) is 2.11. The first-order chi connectivity index (χ1) is 5.63. The minimum Gasteiger partial charge on any atom is -0.320 e. The smallest absolute Gasteiger partial charge is 0.255 e. The third kappa shape index (κ3) is 3.34. The Morgan fingerprint density at radius 3 is 2.67 bits per heavy atom. The summed E-state index contributed by atoms with van der Waals surface area (Å²) in [7, 11) is 0. The molecule has 5 heteroatoms. The molecule has 0 bridgehead atoms. The zero-order valence-corrected chi connectivity index (χ0v) is 7.33. The predicted octanol–water partition coefficient (Wildman–Crippen LogP) is -0.863. The molecule has 2 amide bonds. The Balaban J connectivity index is 3.83. The van der Waals surface area contributed by atoms with Gasteiger partial charge < -0.3 is 5.73 Å². The van der Waals surface area contributed by atoms with Crippen LogP contribution in [0, 0.1) is 5.92 Å². The number of nitrogens with one attached hydrogen (secondary N) is 2. The molecule has 0 aromatic carbocycles. The van der Waals surface area contributed by atoms with Crippen LogP contribution in [0.25, 0.3) is 0 Å². The van der Waals surface area contributed by atoms with Gasteiger partial charge in [0.15, 0.2) is 0 Å². The number of carbonyl (C=O) groups is 2. The standard InChI is InChI=1S/C7H15N3O2/c1-3-5(2)6(8)7(12)10-9-4-11/h4-6H,3,8H2,1-2H3,(H,9,11)(H,10,12). The van der Waals surface area contributed by atoms with Gasteiger partial charge in [-0.3, -0.25) is 20.4 Å². The fraction of sp³-hybridized carbons (Fsp3) is 0.714. The second-order valence-corrected chi connectivity index (χ2v) is 2.66. The molecule has 0 aliphatic rings. The summed E-state index contributed by atoms with van der Waals surface area (Å²) in [5, 5.41) is 0. The number of amides is 2. The average molecular weight is 173 g/mol. The Bertz CT molecular complexity index is 161. The summed E-state index contributed by atoms with van der Waals surface area (Å²) in [6.45, 7) is 3.83. The Kier molecular flexibility index (Phi) is 5.03. The van der Waals surface area contributed by atoms with Crippen LogP contribution in [0.1, 0.15) is 20.3 Å². The van der Waals surface area contributed by atoms with Crippen LogP contribution in [0.4, 0.5) is 0 Å². The van der Waals surface area contributed by atoms with Crippen molar-refractivity contribution in [2.24, 2.45) is 11.7 Å². The van der Waals surface area contributed by atoms with Crippen molar-refractivity contribution in [3.05, 3.63) is 0 Å². The van der Waals surface area contributed by atoms with Crippen molar-refractivity contribution in [2.45, 2.75) is 26.3 Å². The Labute approximate surface area is 71.7 Å². The summed E-state index contributed by atoms with van der Waals surface area (Å²) in [4.78, 5) is 20.8. The molecule has 0 aromatic rings. The van der Waals surface area contributed by atoms with Gasteiger partial charge in [-0.2, -0.15) is 0 Å². The molecular weight excluding hydrogens is 158 g/mol. The van der Waals surface area contributed by atoms with E-state index in [0.717, 1.165) is 6.42 Å². The third-order valence-corrected chi connectivity index (χ3v) is 1.81. The molecule has 2 atom stereocenters. The zero-order valence-electron chi connectivity index (χ0n) is 7.33. The van der Waals surface area contributed by atoms with Gasteiger partial charge in [-0.05, 0) is 5.92 Å². The predicted molar refractivity (Wildman–Crippen MR) is 44.8 cm³/mol. The highest BCUT2D eigenvalue weighted by molar-refractivity contribution is 5.82. The van der Waals surface area contributed by atoms with E-state index < -0.39 is 6.04 Å². The molecular formula is C7H15N3O2. The van der Waals surface area contributed by atoms with Crippen LogP contribution < -0.4 is 16.6 Å². The van der Waals surface area contributed by atoms with Crippen LogP contribution in [-0.4, -0.2) is 18.4 Å². The van der Waals surface area contributed by atoms with Gasteiger partial charge in [-0.15, -0.1) is 0 Å². The molecule has 0 saturated carbocycles. The monoisotopic (exact) mass is 173 g/mol. The van der Waals surface area contributed by atoms with E-state index in [0.29, 0.717) is 6.41 Å². The number of hydrogen-bond acceptors (Lipinski definition) is 3. The summed E-state index contributed by atoms with van der Waals surface area (Å²) in [5.41, 5.74) is 9.76. The van der Waals surface area contributed by atoms with Gasteiger partial charge in [-0.25, -0.2) is 0 Å². The molecule has 0 aliphatic carbocycles. The lowest BCUT2D eigenvalue weighted by Gasteiger charge is -2.16. The molecule has 0 radical (unpaired) electrons. The lowest BCUT2D eigenvalue weighted by atomic mass is 10.00. The van der Waals surface area contributed by atoms with Crippen LogP contribution in [0.15, 0.2) is 0 Å². The van der Waals surface area contributed by atoms with E-state index in [1.165, 1.54) is 0 Å². The Morgan fingerprint density at radius 1 is 1.67 bits per heavy atom. The first-order valence-corrected chi connectivity index (χ1v) is 3.88. The van der Waals surface area contributed by atoms with Crippen molar-refractivity contribution in [3.8, 4) is 0 Å². The van der Waals surface area contributed by atoms with Gasteiger partial charge in [0.1, 0.15) is 0 Å². The topological polar surface area (TPSA) is 84.2 Å². The van der Waals surface area contributed by atoms with E-state index >= 15 is 0 Å². The summed E-state index contributed by atoms with van der Waals surface area (Å²) < 4.78 is 0. The van der Waals surface area contributed by atoms with Gasteiger partial charge in [0.05, 0.1) is 6.04 Å². The fourth-order valence-corrected chi connectivity index (χ4v) is 0.696. The van der Waals surface area contributed by atoms with Crippen molar-refractivity contribution in [1.82, 2.24) is 10.9 Å². The fourth-order valence-electron chi connectivity index (χ4n) is 0.696. The van der Waals surface area contributed by atoms with E-state index in [9.17, 15) is 9.59 Å². The highest BCUT2D eigenvalue weighted by Gasteiger charge is 2.18. The van der Waals surface area contributed by atoms with E-state index in [1.807, 2.05) is 19.3 Å². The van der Waals surface area contributed by atoms with Crippen molar-refractivity contribution < 1.29 is 9.59 Å². The van der Waals surface area contributed by atoms with E-state index in [-0.39, 0.29) is 11.8 Å².